The minimum Gasteiger partial charge on any atom is -0.454 e. The van der Waals surface area contributed by atoms with Gasteiger partial charge >= 0.3 is 0 Å². The van der Waals surface area contributed by atoms with Gasteiger partial charge in [0.2, 0.25) is 12.7 Å². The van der Waals surface area contributed by atoms with Gasteiger partial charge in [-0.25, -0.2) is 0 Å². The van der Waals surface area contributed by atoms with Crippen molar-refractivity contribution < 1.29 is 14.3 Å². The summed E-state index contributed by atoms with van der Waals surface area (Å²) < 4.78 is 10.5. The number of aromatic nitrogens is 1. The maximum Gasteiger partial charge on any atom is 0.231 e. The summed E-state index contributed by atoms with van der Waals surface area (Å²) in [6.07, 6.45) is 2.00. The quantitative estimate of drug-likeness (QED) is 0.786. The van der Waals surface area contributed by atoms with E-state index in [4.69, 9.17) is 15.2 Å². The SMILES string of the molecule is NC(=O)Cc1c[nH]c2cc3c(cc12)OCO3. The summed E-state index contributed by atoms with van der Waals surface area (Å²) >= 11 is 0. The molecule has 0 spiro atoms. The van der Waals surface area contributed by atoms with Crippen molar-refractivity contribution in [1.29, 1.82) is 0 Å². The van der Waals surface area contributed by atoms with Crippen LogP contribution < -0.4 is 15.2 Å². The van der Waals surface area contributed by atoms with E-state index in [9.17, 15) is 4.79 Å². The molecule has 0 saturated heterocycles. The lowest BCUT2D eigenvalue weighted by Gasteiger charge is -1.98. The molecule has 0 bridgehead atoms. The molecular formula is C11H10N2O3. The second-order valence-electron chi connectivity index (χ2n) is 3.71. The van der Waals surface area contributed by atoms with Crippen molar-refractivity contribution in [2.24, 2.45) is 5.73 Å². The number of H-pyrrole nitrogens is 1. The molecule has 0 aliphatic carbocycles. The van der Waals surface area contributed by atoms with E-state index in [1.807, 2.05) is 12.1 Å². The lowest BCUT2D eigenvalue weighted by atomic mass is 10.1. The van der Waals surface area contributed by atoms with E-state index in [0.717, 1.165) is 22.2 Å². The van der Waals surface area contributed by atoms with Crippen LogP contribution in [0.5, 0.6) is 11.5 Å². The van der Waals surface area contributed by atoms with Crippen molar-refractivity contribution in [2.75, 3.05) is 6.79 Å². The number of benzene rings is 1. The van der Waals surface area contributed by atoms with Crippen molar-refractivity contribution in [1.82, 2.24) is 4.98 Å². The minimum absolute atomic E-state index is 0.222. The molecule has 0 unspecified atom stereocenters. The van der Waals surface area contributed by atoms with E-state index in [1.165, 1.54) is 0 Å². The number of nitrogens with two attached hydrogens (primary N) is 1. The first-order valence-electron chi connectivity index (χ1n) is 4.92. The zero-order chi connectivity index (χ0) is 11.1. The number of primary amides is 1. The normalized spacial score (nSPS) is 13.2. The van der Waals surface area contributed by atoms with Crippen molar-refractivity contribution in [3.63, 3.8) is 0 Å². The fraction of sp³-hybridized carbons (Fsp3) is 0.182. The van der Waals surface area contributed by atoms with Crippen LogP contribution in [0.15, 0.2) is 18.3 Å². The molecule has 16 heavy (non-hydrogen) atoms. The maximum atomic E-state index is 10.9. The number of amides is 1. The first-order valence-corrected chi connectivity index (χ1v) is 4.92. The number of aromatic amines is 1. The fourth-order valence-electron chi connectivity index (χ4n) is 1.90. The van der Waals surface area contributed by atoms with Crippen molar-refractivity contribution in [3.8, 4) is 11.5 Å². The Bertz CT molecular complexity index is 574. The Labute approximate surface area is 91.1 Å². The standard InChI is InChI=1S/C11H10N2O3/c12-11(14)1-6-4-13-8-3-10-9(2-7(6)8)15-5-16-10/h2-4,13H,1,5H2,(H2,12,14). The second kappa shape index (κ2) is 3.16. The lowest BCUT2D eigenvalue weighted by molar-refractivity contribution is -0.117. The monoisotopic (exact) mass is 218 g/mol. The molecule has 0 fully saturated rings. The van der Waals surface area contributed by atoms with Crippen LogP contribution in [0.2, 0.25) is 0 Å². The van der Waals surface area contributed by atoms with E-state index in [-0.39, 0.29) is 19.1 Å². The molecule has 1 aromatic carbocycles. The van der Waals surface area contributed by atoms with Gasteiger partial charge in [-0.3, -0.25) is 4.79 Å². The van der Waals surface area contributed by atoms with Gasteiger partial charge < -0.3 is 20.2 Å². The Morgan fingerprint density at radius 1 is 1.38 bits per heavy atom. The van der Waals surface area contributed by atoms with E-state index in [2.05, 4.69) is 4.98 Å². The van der Waals surface area contributed by atoms with Crippen molar-refractivity contribution >= 4 is 16.8 Å². The fourth-order valence-corrected chi connectivity index (χ4v) is 1.90. The topological polar surface area (TPSA) is 77.3 Å². The molecule has 5 nitrogen and oxygen atoms in total. The molecule has 82 valence electrons. The van der Waals surface area contributed by atoms with Gasteiger partial charge in [-0.2, -0.15) is 0 Å². The van der Waals surface area contributed by atoms with Crippen LogP contribution >= 0.6 is 0 Å². The molecule has 3 rings (SSSR count). The zero-order valence-electron chi connectivity index (χ0n) is 8.45. The Morgan fingerprint density at radius 3 is 2.88 bits per heavy atom. The third-order valence-electron chi connectivity index (χ3n) is 2.63. The molecule has 1 aliphatic rings. The van der Waals surface area contributed by atoms with Crippen LogP contribution in [-0.2, 0) is 11.2 Å². The maximum absolute atomic E-state index is 10.9. The van der Waals surface area contributed by atoms with E-state index < -0.39 is 0 Å². The highest BCUT2D eigenvalue weighted by Gasteiger charge is 2.16. The predicted molar refractivity (Wildman–Crippen MR) is 57.3 cm³/mol. The van der Waals surface area contributed by atoms with Gasteiger partial charge in [-0.15, -0.1) is 0 Å². The Balaban J connectivity index is 2.15. The molecule has 3 N–H and O–H groups in total. The van der Waals surface area contributed by atoms with Gasteiger partial charge in [0.05, 0.1) is 6.42 Å². The van der Waals surface area contributed by atoms with E-state index in [0.29, 0.717) is 5.75 Å². The van der Waals surface area contributed by atoms with Crippen molar-refractivity contribution in [3.05, 3.63) is 23.9 Å². The summed E-state index contributed by atoms with van der Waals surface area (Å²) in [5, 5.41) is 0.947. The molecule has 0 atom stereocenters. The summed E-state index contributed by atoms with van der Waals surface area (Å²) in [6.45, 7) is 0.243. The van der Waals surface area contributed by atoms with E-state index in [1.54, 1.807) is 6.20 Å². The number of hydrogen-bond acceptors (Lipinski definition) is 3. The average Bonchev–Trinajstić information content (AvgIpc) is 2.81. The number of hydrogen-bond donors (Lipinski definition) is 2. The highest BCUT2D eigenvalue weighted by molar-refractivity contribution is 5.90. The molecule has 5 heteroatoms. The highest BCUT2D eigenvalue weighted by atomic mass is 16.7. The smallest absolute Gasteiger partial charge is 0.231 e. The molecule has 1 amide bonds. The number of fused-ring (bicyclic) bond motifs is 2. The second-order valence-corrected chi connectivity index (χ2v) is 3.71. The molecule has 0 saturated carbocycles. The van der Waals surface area contributed by atoms with Crippen LogP contribution in [0.1, 0.15) is 5.56 Å². The van der Waals surface area contributed by atoms with Gasteiger partial charge in [0, 0.05) is 23.2 Å². The minimum atomic E-state index is -0.349. The van der Waals surface area contributed by atoms with Crippen molar-refractivity contribution in [2.45, 2.75) is 6.42 Å². The van der Waals surface area contributed by atoms with Crippen LogP contribution in [0.25, 0.3) is 10.9 Å². The number of nitrogens with one attached hydrogen (secondary N) is 1. The van der Waals surface area contributed by atoms with Gasteiger partial charge in [-0.1, -0.05) is 0 Å². The number of carbonyl (C=O) groups is 1. The Kier molecular flexibility index (Phi) is 1.80. The summed E-state index contributed by atoms with van der Waals surface area (Å²) in [5.74, 6) is 1.08. The lowest BCUT2D eigenvalue weighted by Crippen LogP contribution is -2.13. The summed E-state index contributed by atoms with van der Waals surface area (Å²) in [4.78, 5) is 14.0. The Morgan fingerprint density at radius 2 is 2.12 bits per heavy atom. The molecule has 0 radical (unpaired) electrons. The molecule has 2 heterocycles. The van der Waals surface area contributed by atoms with Gasteiger partial charge in [-0.05, 0) is 11.6 Å². The molecule has 1 aliphatic heterocycles. The molecular weight excluding hydrogens is 208 g/mol. The van der Waals surface area contributed by atoms with Crippen LogP contribution in [0.3, 0.4) is 0 Å². The largest absolute Gasteiger partial charge is 0.454 e. The third-order valence-corrected chi connectivity index (χ3v) is 2.63. The molecule has 1 aromatic heterocycles. The average molecular weight is 218 g/mol. The molecule has 2 aromatic rings. The van der Waals surface area contributed by atoms with Crippen LogP contribution in [0, 0.1) is 0 Å². The van der Waals surface area contributed by atoms with Gasteiger partial charge in [0.15, 0.2) is 11.5 Å². The first-order chi connectivity index (χ1) is 7.74. The predicted octanol–water partition coefficient (Wildman–Crippen LogP) is 0.924. The third kappa shape index (κ3) is 1.29. The summed E-state index contributed by atoms with van der Waals surface area (Å²) in [6, 6.07) is 3.73. The Hall–Kier alpha value is -2.17. The van der Waals surface area contributed by atoms with E-state index >= 15 is 0 Å². The summed E-state index contributed by atoms with van der Waals surface area (Å²) in [7, 11) is 0. The first kappa shape index (κ1) is 9.08. The number of ether oxygens (including phenoxy) is 2. The number of carbonyl (C=O) groups excluding carboxylic acids is 1. The zero-order valence-corrected chi connectivity index (χ0v) is 8.45. The van der Waals surface area contributed by atoms with Crippen LogP contribution in [-0.4, -0.2) is 17.7 Å². The number of rotatable bonds is 2. The van der Waals surface area contributed by atoms with Gasteiger partial charge in [0.25, 0.3) is 0 Å². The highest BCUT2D eigenvalue weighted by Crippen LogP contribution is 2.36. The summed E-state index contributed by atoms with van der Waals surface area (Å²) in [5.41, 5.74) is 6.97. The van der Waals surface area contributed by atoms with Gasteiger partial charge in [0.1, 0.15) is 0 Å². The van der Waals surface area contributed by atoms with Crippen LogP contribution in [0.4, 0.5) is 0 Å².